The predicted molar refractivity (Wildman–Crippen MR) is 106 cm³/mol. The fraction of sp³-hybridized carbons (Fsp3) is 0.273. The molecule has 134 valence electrons. The van der Waals surface area contributed by atoms with Crippen molar-refractivity contribution in [2.24, 2.45) is 4.99 Å². The number of rotatable bonds is 4. The summed E-state index contributed by atoms with van der Waals surface area (Å²) < 4.78 is 5.42. The van der Waals surface area contributed by atoms with Crippen LogP contribution in [0.1, 0.15) is 47.6 Å². The molecule has 1 aliphatic heterocycles. The van der Waals surface area contributed by atoms with Crippen LogP contribution in [-0.4, -0.2) is 18.9 Å². The molecule has 26 heavy (non-hydrogen) atoms. The van der Waals surface area contributed by atoms with Gasteiger partial charge >= 0.3 is 0 Å². The van der Waals surface area contributed by atoms with Crippen LogP contribution in [0.25, 0.3) is 6.08 Å². The summed E-state index contributed by atoms with van der Waals surface area (Å²) in [6.07, 6.45) is 1.81. The molecule has 0 aromatic heterocycles. The molecule has 0 atom stereocenters. The lowest BCUT2D eigenvalue weighted by molar-refractivity contribution is -0.115. The van der Waals surface area contributed by atoms with E-state index >= 15 is 0 Å². The quantitative estimate of drug-likeness (QED) is 0.835. The molecule has 0 unspecified atom stereocenters. The zero-order valence-electron chi connectivity index (χ0n) is 15.9. The number of carbonyl (C=O) groups excluding carboxylic acids is 1. The highest BCUT2D eigenvalue weighted by Gasteiger charge is 2.21. The van der Waals surface area contributed by atoms with Crippen LogP contribution in [-0.2, 0) is 4.79 Å². The van der Waals surface area contributed by atoms with Crippen molar-refractivity contribution in [3.05, 3.63) is 69.9 Å². The molecule has 3 rings (SSSR count). The number of carbonyl (C=O) groups is 1. The molecule has 1 aliphatic rings. The van der Waals surface area contributed by atoms with Gasteiger partial charge in [-0.15, -0.1) is 0 Å². The molecule has 2 aromatic rings. The first-order chi connectivity index (χ1) is 12.4. The van der Waals surface area contributed by atoms with E-state index in [1.54, 1.807) is 7.11 Å². The number of methoxy groups -OCH3 is 1. The second-order valence-corrected chi connectivity index (χ2v) is 6.90. The number of hydrogen-bond donors (Lipinski definition) is 1. The molecule has 0 fully saturated rings. The molecule has 1 N–H and O–H groups in total. The minimum Gasteiger partial charge on any atom is -0.496 e. The van der Waals surface area contributed by atoms with Gasteiger partial charge in [-0.2, -0.15) is 0 Å². The maximum Gasteiger partial charge on any atom is 0.275 e. The number of ether oxygens (including phenoxy) is 1. The standard InChI is InChI=1S/C22H24N2O2/c1-13(2)18-11-16(7-9-20(18)26-5)12-19-22(25)24-21(23-19)17-8-6-14(3)15(4)10-17/h6-13H,1-5H3,(H,23,24,25)/b19-12+. The fourth-order valence-corrected chi connectivity index (χ4v) is 2.95. The Labute approximate surface area is 154 Å². The minimum absolute atomic E-state index is 0.180. The maximum atomic E-state index is 12.3. The third kappa shape index (κ3) is 3.54. The summed E-state index contributed by atoms with van der Waals surface area (Å²) in [5.41, 5.74) is 5.77. The van der Waals surface area contributed by atoms with Crippen molar-refractivity contribution in [1.82, 2.24) is 5.32 Å². The van der Waals surface area contributed by atoms with Crippen LogP contribution in [0.4, 0.5) is 0 Å². The highest BCUT2D eigenvalue weighted by atomic mass is 16.5. The van der Waals surface area contributed by atoms with Crippen molar-refractivity contribution in [2.75, 3.05) is 7.11 Å². The fourth-order valence-electron chi connectivity index (χ4n) is 2.95. The van der Waals surface area contributed by atoms with Crippen molar-refractivity contribution in [3.63, 3.8) is 0 Å². The van der Waals surface area contributed by atoms with Gasteiger partial charge in [0.2, 0.25) is 0 Å². The van der Waals surface area contributed by atoms with E-state index in [9.17, 15) is 4.79 Å². The summed E-state index contributed by atoms with van der Waals surface area (Å²) in [6, 6.07) is 12.0. The van der Waals surface area contributed by atoms with Gasteiger partial charge in [0.15, 0.2) is 0 Å². The number of benzene rings is 2. The van der Waals surface area contributed by atoms with Gasteiger partial charge in [-0.05, 0) is 66.3 Å². The van der Waals surface area contributed by atoms with Crippen molar-refractivity contribution < 1.29 is 9.53 Å². The van der Waals surface area contributed by atoms with Crippen LogP contribution in [0.2, 0.25) is 0 Å². The van der Waals surface area contributed by atoms with Gasteiger partial charge in [0.25, 0.3) is 5.91 Å². The first-order valence-corrected chi connectivity index (χ1v) is 8.76. The molecule has 4 heteroatoms. The molecule has 0 aliphatic carbocycles. The number of amidine groups is 1. The lowest BCUT2D eigenvalue weighted by Crippen LogP contribution is -2.24. The number of nitrogens with zero attached hydrogens (tertiary/aromatic N) is 1. The Bertz CT molecular complexity index is 924. The first-order valence-electron chi connectivity index (χ1n) is 8.76. The van der Waals surface area contributed by atoms with E-state index in [4.69, 9.17) is 4.74 Å². The average molecular weight is 348 g/mol. The molecule has 0 saturated heterocycles. The number of hydrogen-bond acceptors (Lipinski definition) is 3. The summed E-state index contributed by atoms with van der Waals surface area (Å²) >= 11 is 0. The van der Waals surface area contributed by atoms with Crippen molar-refractivity contribution >= 4 is 17.8 Å². The second kappa shape index (κ2) is 7.16. The third-order valence-electron chi connectivity index (χ3n) is 4.66. The number of amides is 1. The Balaban J connectivity index is 1.96. The Hall–Kier alpha value is -2.88. The molecule has 0 bridgehead atoms. The van der Waals surface area contributed by atoms with E-state index in [-0.39, 0.29) is 5.91 Å². The molecule has 4 nitrogen and oxygen atoms in total. The van der Waals surface area contributed by atoms with Gasteiger partial charge < -0.3 is 10.1 Å². The molecule has 1 amide bonds. The smallest absolute Gasteiger partial charge is 0.275 e. The van der Waals surface area contributed by atoms with Crippen LogP contribution in [0.15, 0.2) is 47.1 Å². The maximum absolute atomic E-state index is 12.3. The van der Waals surface area contributed by atoms with Crippen LogP contribution in [0.5, 0.6) is 5.75 Å². The van der Waals surface area contributed by atoms with Crippen molar-refractivity contribution in [2.45, 2.75) is 33.6 Å². The highest BCUT2D eigenvalue weighted by molar-refractivity contribution is 6.19. The average Bonchev–Trinajstić information content (AvgIpc) is 2.98. The Kier molecular flexibility index (Phi) is 4.94. The third-order valence-corrected chi connectivity index (χ3v) is 4.66. The highest BCUT2D eigenvalue weighted by Crippen LogP contribution is 2.28. The first kappa shape index (κ1) is 17.9. The molecule has 1 heterocycles. The molecular formula is C22H24N2O2. The van der Waals surface area contributed by atoms with Crippen LogP contribution in [0, 0.1) is 13.8 Å². The largest absolute Gasteiger partial charge is 0.496 e. The Morgan fingerprint density at radius 1 is 1.08 bits per heavy atom. The van der Waals surface area contributed by atoms with Gasteiger partial charge in [-0.25, -0.2) is 4.99 Å². The molecule has 0 radical (unpaired) electrons. The van der Waals surface area contributed by atoms with Crippen molar-refractivity contribution in [1.29, 1.82) is 0 Å². The summed E-state index contributed by atoms with van der Waals surface area (Å²) in [7, 11) is 1.67. The van der Waals surface area contributed by atoms with Gasteiger partial charge in [0, 0.05) is 5.56 Å². The van der Waals surface area contributed by atoms with Crippen molar-refractivity contribution in [3.8, 4) is 5.75 Å². The molecule has 0 saturated carbocycles. The van der Waals surface area contributed by atoms with E-state index in [0.717, 1.165) is 22.4 Å². The minimum atomic E-state index is -0.180. The van der Waals surface area contributed by atoms with E-state index in [2.05, 4.69) is 38.0 Å². The van der Waals surface area contributed by atoms with Crippen LogP contribution >= 0.6 is 0 Å². The van der Waals surface area contributed by atoms with E-state index < -0.39 is 0 Å². The van der Waals surface area contributed by atoms with Gasteiger partial charge in [-0.3, -0.25) is 4.79 Å². The van der Waals surface area contributed by atoms with E-state index in [1.807, 2.05) is 42.5 Å². The van der Waals surface area contributed by atoms with E-state index in [0.29, 0.717) is 17.5 Å². The lowest BCUT2D eigenvalue weighted by atomic mass is 9.99. The summed E-state index contributed by atoms with van der Waals surface area (Å²) in [6.45, 7) is 8.35. The monoisotopic (exact) mass is 348 g/mol. The zero-order chi connectivity index (χ0) is 18.8. The Morgan fingerprint density at radius 2 is 1.85 bits per heavy atom. The summed E-state index contributed by atoms with van der Waals surface area (Å²) in [5, 5.41) is 2.87. The van der Waals surface area contributed by atoms with E-state index in [1.165, 1.54) is 11.1 Å². The SMILES string of the molecule is COc1ccc(/C=C2/N=C(c3ccc(C)c(C)c3)NC2=O)cc1C(C)C. The van der Waals surface area contributed by atoms with Crippen LogP contribution in [0.3, 0.4) is 0 Å². The van der Waals surface area contributed by atoms with Gasteiger partial charge in [0.05, 0.1) is 7.11 Å². The van der Waals surface area contributed by atoms with Crippen LogP contribution < -0.4 is 10.1 Å². The normalized spacial score (nSPS) is 15.4. The second-order valence-electron chi connectivity index (χ2n) is 6.90. The Morgan fingerprint density at radius 3 is 2.50 bits per heavy atom. The molecule has 0 spiro atoms. The lowest BCUT2D eigenvalue weighted by Gasteiger charge is -2.12. The summed E-state index contributed by atoms with van der Waals surface area (Å²) in [5.74, 6) is 1.61. The number of aryl methyl sites for hydroxylation is 2. The number of aliphatic imine (C=N–C) groups is 1. The predicted octanol–water partition coefficient (Wildman–Crippen LogP) is 4.35. The topological polar surface area (TPSA) is 50.7 Å². The van der Waals surface area contributed by atoms with Gasteiger partial charge in [0.1, 0.15) is 17.3 Å². The molecule has 2 aromatic carbocycles. The molecular weight excluding hydrogens is 324 g/mol. The van der Waals surface area contributed by atoms with Gasteiger partial charge in [-0.1, -0.05) is 32.0 Å². The zero-order valence-corrected chi connectivity index (χ0v) is 15.9. The summed E-state index contributed by atoms with van der Waals surface area (Å²) in [4.78, 5) is 16.8. The number of nitrogens with one attached hydrogen (secondary N) is 1.